The van der Waals surface area contributed by atoms with Gasteiger partial charge in [-0.3, -0.25) is 4.79 Å². The van der Waals surface area contributed by atoms with Gasteiger partial charge in [-0.25, -0.2) is 4.79 Å². The summed E-state index contributed by atoms with van der Waals surface area (Å²) in [6, 6.07) is 12.8. The van der Waals surface area contributed by atoms with E-state index >= 15 is 0 Å². The molecule has 1 saturated heterocycles. The molecule has 0 bridgehead atoms. The predicted molar refractivity (Wildman–Crippen MR) is 86.1 cm³/mol. The van der Waals surface area contributed by atoms with Crippen molar-refractivity contribution in [1.29, 1.82) is 0 Å². The first-order chi connectivity index (χ1) is 11.1. The van der Waals surface area contributed by atoms with Crippen LogP contribution < -0.4 is 5.32 Å². The van der Waals surface area contributed by atoms with E-state index < -0.39 is 12.0 Å². The van der Waals surface area contributed by atoms with Gasteiger partial charge in [0.05, 0.1) is 12.5 Å². The maximum atomic E-state index is 12.1. The first-order valence-electron chi connectivity index (χ1n) is 7.72. The molecule has 1 aliphatic heterocycles. The second-order valence-electron chi connectivity index (χ2n) is 5.85. The van der Waals surface area contributed by atoms with Crippen LogP contribution in [0.25, 0.3) is 10.8 Å². The smallest absolute Gasteiger partial charge is 0.326 e. The van der Waals surface area contributed by atoms with E-state index in [9.17, 15) is 14.7 Å². The molecule has 0 unspecified atom stereocenters. The second kappa shape index (κ2) is 6.79. The fourth-order valence-electron chi connectivity index (χ4n) is 2.83. The molecule has 0 aliphatic carbocycles. The van der Waals surface area contributed by atoms with E-state index in [2.05, 4.69) is 5.32 Å². The number of ether oxygens (including phenoxy) is 1. The van der Waals surface area contributed by atoms with E-state index in [1.54, 1.807) is 0 Å². The van der Waals surface area contributed by atoms with Crippen molar-refractivity contribution in [2.75, 3.05) is 13.2 Å². The van der Waals surface area contributed by atoms with Crippen molar-refractivity contribution in [3.05, 3.63) is 48.0 Å². The van der Waals surface area contributed by atoms with Crippen LogP contribution in [0, 0.1) is 5.92 Å². The topological polar surface area (TPSA) is 75.6 Å². The van der Waals surface area contributed by atoms with Gasteiger partial charge < -0.3 is 15.2 Å². The minimum absolute atomic E-state index is 0.240. The molecule has 1 aliphatic rings. The average Bonchev–Trinajstić information content (AvgIpc) is 3.08. The van der Waals surface area contributed by atoms with Crippen LogP contribution >= 0.6 is 0 Å². The lowest BCUT2D eigenvalue weighted by Gasteiger charge is -2.17. The Bertz CT molecular complexity index is 722. The molecule has 120 valence electrons. The van der Waals surface area contributed by atoms with Crippen molar-refractivity contribution in [1.82, 2.24) is 5.32 Å². The van der Waals surface area contributed by atoms with Gasteiger partial charge in [0.1, 0.15) is 6.04 Å². The first kappa shape index (κ1) is 15.5. The number of amides is 1. The third-order valence-electron chi connectivity index (χ3n) is 4.17. The van der Waals surface area contributed by atoms with Crippen LogP contribution in [0.4, 0.5) is 0 Å². The number of nitrogens with one attached hydrogen (secondary N) is 1. The highest BCUT2D eigenvalue weighted by Gasteiger charge is 2.28. The maximum Gasteiger partial charge on any atom is 0.326 e. The van der Waals surface area contributed by atoms with Crippen molar-refractivity contribution >= 4 is 22.6 Å². The van der Waals surface area contributed by atoms with Gasteiger partial charge in [-0.2, -0.15) is 0 Å². The zero-order chi connectivity index (χ0) is 16.2. The monoisotopic (exact) mass is 313 g/mol. The molecule has 1 amide bonds. The lowest BCUT2D eigenvalue weighted by Crippen LogP contribution is -2.45. The Morgan fingerprint density at radius 3 is 2.70 bits per heavy atom. The van der Waals surface area contributed by atoms with E-state index in [0.29, 0.717) is 19.6 Å². The summed E-state index contributed by atoms with van der Waals surface area (Å²) in [6.07, 6.45) is 0.910. The number of rotatable bonds is 5. The molecule has 5 heteroatoms. The zero-order valence-corrected chi connectivity index (χ0v) is 12.7. The number of carboxylic acid groups (broad SMARTS) is 1. The van der Waals surface area contributed by atoms with Gasteiger partial charge in [0.25, 0.3) is 0 Å². The summed E-state index contributed by atoms with van der Waals surface area (Å²) in [5, 5.41) is 14.2. The Kier molecular flexibility index (Phi) is 4.57. The number of carboxylic acids is 1. The van der Waals surface area contributed by atoms with Gasteiger partial charge in [-0.1, -0.05) is 42.5 Å². The minimum atomic E-state index is -1.02. The van der Waals surface area contributed by atoms with Gasteiger partial charge >= 0.3 is 5.97 Å². The van der Waals surface area contributed by atoms with Crippen molar-refractivity contribution in [2.45, 2.75) is 18.9 Å². The lowest BCUT2D eigenvalue weighted by atomic mass is 10.0. The Balaban J connectivity index is 1.72. The molecule has 0 radical (unpaired) electrons. The van der Waals surface area contributed by atoms with E-state index in [0.717, 1.165) is 16.3 Å². The minimum Gasteiger partial charge on any atom is -0.480 e. The third-order valence-corrected chi connectivity index (χ3v) is 4.17. The fourth-order valence-corrected chi connectivity index (χ4v) is 2.83. The van der Waals surface area contributed by atoms with Gasteiger partial charge in [-0.05, 0) is 22.8 Å². The largest absolute Gasteiger partial charge is 0.480 e. The Hall–Kier alpha value is -2.40. The lowest BCUT2D eigenvalue weighted by molar-refractivity contribution is -0.142. The second-order valence-corrected chi connectivity index (χ2v) is 5.85. The number of carbonyl (C=O) groups excluding carboxylic acids is 1. The zero-order valence-electron chi connectivity index (χ0n) is 12.7. The van der Waals surface area contributed by atoms with Crippen LogP contribution in [0.2, 0.25) is 0 Å². The maximum absolute atomic E-state index is 12.1. The molecule has 0 saturated carbocycles. The van der Waals surface area contributed by atoms with Gasteiger partial charge in [0, 0.05) is 13.0 Å². The molecular weight excluding hydrogens is 294 g/mol. The third kappa shape index (κ3) is 3.68. The van der Waals surface area contributed by atoms with E-state index in [1.807, 2.05) is 42.5 Å². The van der Waals surface area contributed by atoms with Crippen molar-refractivity contribution in [3.8, 4) is 0 Å². The van der Waals surface area contributed by atoms with Crippen molar-refractivity contribution < 1.29 is 19.4 Å². The molecular formula is C18H19NO4. The summed E-state index contributed by atoms with van der Waals surface area (Å²) in [7, 11) is 0. The van der Waals surface area contributed by atoms with Crippen LogP contribution in [0.3, 0.4) is 0 Å². The standard InChI is InChI=1S/C18H19NO4/c20-17(15-7-8-23-11-15)19-16(18(21)22)10-12-5-6-13-3-1-2-4-14(13)9-12/h1-6,9,15-16H,7-8,10-11H2,(H,19,20)(H,21,22)/t15-,16-/m0/s1. The Morgan fingerprint density at radius 2 is 2.00 bits per heavy atom. The van der Waals surface area contributed by atoms with Crippen LogP contribution in [0.15, 0.2) is 42.5 Å². The normalized spacial score (nSPS) is 18.7. The number of hydrogen-bond donors (Lipinski definition) is 2. The predicted octanol–water partition coefficient (Wildman–Crippen LogP) is 1.99. The molecule has 2 aromatic rings. The number of aliphatic carboxylic acids is 1. The summed E-state index contributed by atoms with van der Waals surface area (Å²) in [5.41, 5.74) is 0.888. The molecule has 5 nitrogen and oxygen atoms in total. The number of benzene rings is 2. The van der Waals surface area contributed by atoms with Gasteiger partial charge in [-0.15, -0.1) is 0 Å². The summed E-state index contributed by atoms with van der Waals surface area (Å²) in [5.74, 6) is -1.51. The van der Waals surface area contributed by atoms with Crippen molar-refractivity contribution in [3.63, 3.8) is 0 Å². The molecule has 1 heterocycles. The highest BCUT2D eigenvalue weighted by molar-refractivity contribution is 5.86. The summed E-state index contributed by atoms with van der Waals surface area (Å²) in [4.78, 5) is 23.6. The van der Waals surface area contributed by atoms with E-state index in [4.69, 9.17) is 4.74 Å². The average molecular weight is 313 g/mol. The number of carbonyl (C=O) groups is 2. The quantitative estimate of drug-likeness (QED) is 0.885. The van der Waals surface area contributed by atoms with Crippen LogP contribution in [-0.2, 0) is 20.7 Å². The SMILES string of the molecule is O=C(N[C@@H](Cc1ccc2ccccc2c1)C(=O)O)[C@H]1CCOC1. The van der Waals surface area contributed by atoms with Crippen LogP contribution in [0.5, 0.6) is 0 Å². The van der Waals surface area contributed by atoms with Gasteiger partial charge in [0.2, 0.25) is 5.91 Å². The number of fused-ring (bicyclic) bond motifs is 1. The number of hydrogen-bond acceptors (Lipinski definition) is 3. The first-order valence-corrected chi connectivity index (χ1v) is 7.72. The van der Waals surface area contributed by atoms with E-state index in [1.165, 1.54) is 0 Å². The summed E-state index contributed by atoms with van der Waals surface area (Å²) in [6.45, 7) is 0.925. The van der Waals surface area contributed by atoms with Gasteiger partial charge in [0.15, 0.2) is 0 Å². The molecule has 2 N–H and O–H groups in total. The molecule has 23 heavy (non-hydrogen) atoms. The molecule has 0 aromatic heterocycles. The van der Waals surface area contributed by atoms with Crippen LogP contribution in [-0.4, -0.2) is 36.2 Å². The van der Waals surface area contributed by atoms with Crippen LogP contribution in [0.1, 0.15) is 12.0 Å². The summed E-state index contributed by atoms with van der Waals surface area (Å²) >= 11 is 0. The molecule has 1 fully saturated rings. The molecule has 3 rings (SSSR count). The Labute approximate surface area is 134 Å². The summed E-state index contributed by atoms with van der Waals surface area (Å²) < 4.78 is 5.18. The Morgan fingerprint density at radius 1 is 1.22 bits per heavy atom. The highest BCUT2D eigenvalue weighted by Crippen LogP contribution is 2.17. The molecule has 0 spiro atoms. The highest BCUT2D eigenvalue weighted by atomic mass is 16.5. The molecule has 2 aromatic carbocycles. The van der Waals surface area contributed by atoms with Crippen molar-refractivity contribution in [2.24, 2.45) is 5.92 Å². The fraction of sp³-hybridized carbons (Fsp3) is 0.333. The van der Waals surface area contributed by atoms with E-state index in [-0.39, 0.29) is 18.2 Å². The molecule has 2 atom stereocenters.